The van der Waals surface area contributed by atoms with E-state index in [0.29, 0.717) is 5.02 Å². The van der Waals surface area contributed by atoms with E-state index in [1.807, 2.05) is 18.2 Å². The number of nitrogens with two attached hydrogens (primary N) is 1. The van der Waals surface area contributed by atoms with Crippen LogP contribution >= 0.6 is 23.8 Å². The van der Waals surface area contributed by atoms with Crippen molar-refractivity contribution < 1.29 is 4.74 Å². The zero-order valence-electron chi connectivity index (χ0n) is 12.8. The Labute approximate surface area is 146 Å². The molecule has 1 saturated heterocycles. The van der Waals surface area contributed by atoms with E-state index in [0.717, 1.165) is 62.9 Å². The Hall–Kier alpha value is -1.41. The van der Waals surface area contributed by atoms with Gasteiger partial charge in [-0.3, -0.25) is 10.3 Å². The second-order valence-electron chi connectivity index (χ2n) is 5.57. The predicted octanol–water partition coefficient (Wildman–Crippen LogP) is 1.03. The number of hydrogen-bond donors (Lipinski definition) is 2. The number of benzene rings is 1. The van der Waals surface area contributed by atoms with Gasteiger partial charge in [0, 0.05) is 42.5 Å². The smallest absolute Gasteiger partial charge is 0.184 e. The first-order valence-corrected chi connectivity index (χ1v) is 8.39. The highest BCUT2D eigenvalue weighted by Crippen LogP contribution is 2.30. The third kappa shape index (κ3) is 4.11. The van der Waals surface area contributed by atoms with E-state index in [9.17, 15) is 0 Å². The number of fused-ring (bicyclic) bond motifs is 1. The molecule has 1 aromatic rings. The van der Waals surface area contributed by atoms with Crippen molar-refractivity contribution in [1.82, 2.24) is 10.3 Å². The van der Waals surface area contributed by atoms with E-state index in [1.54, 1.807) is 0 Å². The lowest BCUT2D eigenvalue weighted by molar-refractivity contribution is 0.0392. The van der Waals surface area contributed by atoms with Crippen molar-refractivity contribution in [2.45, 2.75) is 0 Å². The predicted molar refractivity (Wildman–Crippen MR) is 97.4 cm³/mol. The molecule has 0 bridgehead atoms. The average Bonchev–Trinajstić information content (AvgIpc) is 2.89. The molecule has 0 unspecified atom stereocenters. The molecule has 2 heterocycles. The summed E-state index contributed by atoms with van der Waals surface area (Å²) in [6.45, 7) is 6.27. The topological polar surface area (TPSA) is 66.1 Å². The molecule has 8 heteroatoms. The van der Waals surface area contributed by atoms with Gasteiger partial charge in [0.2, 0.25) is 0 Å². The molecule has 3 N–H and O–H groups in total. The van der Waals surface area contributed by atoms with Crippen molar-refractivity contribution >= 4 is 40.3 Å². The lowest BCUT2D eigenvalue weighted by atomic mass is 10.1. The average molecular weight is 354 g/mol. The first-order valence-electron chi connectivity index (χ1n) is 7.60. The summed E-state index contributed by atoms with van der Waals surface area (Å²) in [5.74, 6) is 0. The van der Waals surface area contributed by atoms with Gasteiger partial charge in [-0.2, -0.15) is 5.10 Å². The zero-order valence-corrected chi connectivity index (χ0v) is 14.4. The van der Waals surface area contributed by atoms with Crippen molar-refractivity contribution in [3.05, 3.63) is 28.8 Å². The maximum atomic E-state index is 6.13. The molecule has 3 rings (SSSR count). The number of nitrogens with zero attached hydrogens (tertiary/aromatic N) is 3. The van der Waals surface area contributed by atoms with E-state index >= 15 is 0 Å². The van der Waals surface area contributed by atoms with Crippen LogP contribution in [0, 0.1) is 0 Å². The van der Waals surface area contributed by atoms with Gasteiger partial charge in [-0.25, -0.2) is 0 Å². The van der Waals surface area contributed by atoms with Crippen molar-refractivity contribution in [3.8, 4) is 0 Å². The van der Waals surface area contributed by atoms with E-state index in [-0.39, 0.29) is 5.11 Å². The molecule has 124 valence electrons. The number of hydrogen-bond acceptors (Lipinski definition) is 5. The fourth-order valence-electron chi connectivity index (χ4n) is 2.87. The Morgan fingerprint density at radius 1 is 1.35 bits per heavy atom. The molecular weight excluding hydrogens is 334 g/mol. The molecule has 2 aliphatic heterocycles. The van der Waals surface area contributed by atoms with Crippen molar-refractivity contribution in [3.63, 3.8) is 0 Å². The standard InChI is InChI=1S/C15H20ClN5OS/c16-11-1-2-14-12(9-11)13(18-19-15(17)23)10-21(14)4-3-20-5-7-22-8-6-20/h1-2,9H,3-8,10H2,(H3,17,19,23)/b18-13+. The van der Waals surface area contributed by atoms with Crippen molar-refractivity contribution in [2.24, 2.45) is 10.8 Å². The summed E-state index contributed by atoms with van der Waals surface area (Å²) in [5.41, 5.74) is 11.2. The minimum atomic E-state index is 0.160. The summed E-state index contributed by atoms with van der Waals surface area (Å²) in [6.07, 6.45) is 0. The SMILES string of the molecule is NC(=S)N/N=C1\CN(CCN2CCOCC2)c2ccc(Cl)cc21. The zero-order chi connectivity index (χ0) is 16.2. The van der Waals surface area contributed by atoms with Crippen LogP contribution < -0.4 is 16.1 Å². The molecule has 0 aromatic heterocycles. The Morgan fingerprint density at radius 2 is 2.13 bits per heavy atom. The number of hydrazone groups is 1. The van der Waals surface area contributed by atoms with Gasteiger partial charge in [-0.15, -0.1) is 0 Å². The fraction of sp³-hybridized carbons (Fsp3) is 0.467. The van der Waals surface area contributed by atoms with E-state index in [2.05, 4.69) is 20.3 Å². The van der Waals surface area contributed by atoms with Gasteiger partial charge in [0.15, 0.2) is 5.11 Å². The van der Waals surface area contributed by atoms with Crippen LogP contribution in [-0.4, -0.2) is 61.7 Å². The van der Waals surface area contributed by atoms with Crippen LogP contribution in [0.25, 0.3) is 0 Å². The van der Waals surface area contributed by atoms with E-state index in [1.165, 1.54) is 0 Å². The minimum absolute atomic E-state index is 0.160. The quantitative estimate of drug-likeness (QED) is 0.622. The number of rotatable bonds is 4. The minimum Gasteiger partial charge on any atom is -0.379 e. The molecule has 23 heavy (non-hydrogen) atoms. The second-order valence-corrected chi connectivity index (χ2v) is 6.45. The first kappa shape index (κ1) is 16.4. The Bertz CT molecular complexity index is 618. The lowest BCUT2D eigenvalue weighted by Crippen LogP contribution is -2.41. The van der Waals surface area contributed by atoms with E-state index in [4.69, 9.17) is 34.3 Å². The maximum absolute atomic E-state index is 6.13. The Kier molecular flexibility index (Phi) is 5.32. The summed E-state index contributed by atoms with van der Waals surface area (Å²) >= 11 is 11.0. The molecule has 6 nitrogen and oxygen atoms in total. The Balaban J connectivity index is 1.72. The van der Waals surface area contributed by atoms with Crippen LogP contribution in [0.3, 0.4) is 0 Å². The highest BCUT2D eigenvalue weighted by atomic mass is 35.5. The van der Waals surface area contributed by atoms with Crippen molar-refractivity contribution in [2.75, 3.05) is 50.8 Å². The monoisotopic (exact) mass is 353 g/mol. The van der Waals surface area contributed by atoms with E-state index < -0.39 is 0 Å². The summed E-state index contributed by atoms with van der Waals surface area (Å²) in [5, 5.41) is 5.17. The number of nitrogens with one attached hydrogen (secondary N) is 1. The molecule has 0 aliphatic carbocycles. The summed E-state index contributed by atoms with van der Waals surface area (Å²) in [7, 11) is 0. The van der Waals surface area contributed by atoms with Crippen LogP contribution in [0.15, 0.2) is 23.3 Å². The van der Waals surface area contributed by atoms with Gasteiger partial charge in [0.05, 0.1) is 25.5 Å². The highest BCUT2D eigenvalue weighted by molar-refractivity contribution is 7.80. The third-order valence-electron chi connectivity index (χ3n) is 4.04. The molecule has 0 atom stereocenters. The lowest BCUT2D eigenvalue weighted by Gasteiger charge is -2.29. The number of ether oxygens (including phenoxy) is 1. The van der Waals surface area contributed by atoms with Gasteiger partial charge in [-0.1, -0.05) is 11.6 Å². The second kappa shape index (κ2) is 7.44. The van der Waals surface area contributed by atoms with Gasteiger partial charge >= 0.3 is 0 Å². The number of anilines is 1. The molecular formula is C15H20ClN5OS. The molecule has 0 spiro atoms. The van der Waals surface area contributed by atoms with Crippen LogP contribution in [0.2, 0.25) is 5.02 Å². The molecule has 1 aromatic carbocycles. The van der Waals surface area contributed by atoms with Gasteiger partial charge in [0.25, 0.3) is 0 Å². The summed E-state index contributed by atoms with van der Waals surface area (Å²) < 4.78 is 5.39. The van der Waals surface area contributed by atoms with Gasteiger partial charge in [0.1, 0.15) is 0 Å². The molecule has 0 radical (unpaired) electrons. The first-order chi connectivity index (χ1) is 11.1. The van der Waals surface area contributed by atoms with Crippen LogP contribution in [0.5, 0.6) is 0 Å². The van der Waals surface area contributed by atoms with Gasteiger partial charge in [-0.05, 0) is 30.4 Å². The fourth-order valence-corrected chi connectivity index (χ4v) is 3.09. The number of halogens is 1. The largest absolute Gasteiger partial charge is 0.379 e. The molecule has 1 fully saturated rings. The third-order valence-corrected chi connectivity index (χ3v) is 4.37. The van der Waals surface area contributed by atoms with Gasteiger partial charge < -0.3 is 15.4 Å². The number of morpholine rings is 1. The Morgan fingerprint density at radius 3 is 2.87 bits per heavy atom. The van der Waals surface area contributed by atoms with Crippen LogP contribution in [-0.2, 0) is 4.74 Å². The summed E-state index contributed by atoms with van der Waals surface area (Å²) in [4.78, 5) is 4.72. The molecule has 2 aliphatic rings. The molecule has 0 amide bonds. The number of thiocarbonyl (C=S) groups is 1. The normalized spacial score (nSPS) is 19.9. The maximum Gasteiger partial charge on any atom is 0.184 e. The van der Waals surface area contributed by atoms with Crippen LogP contribution in [0.1, 0.15) is 5.56 Å². The molecule has 0 saturated carbocycles. The van der Waals surface area contributed by atoms with Crippen LogP contribution in [0.4, 0.5) is 5.69 Å². The van der Waals surface area contributed by atoms with Crippen molar-refractivity contribution in [1.29, 1.82) is 0 Å². The summed E-state index contributed by atoms with van der Waals surface area (Å²) in [6, 6.07) is 5.89. The highest BCUT2D eigenvalue weighted by Gasteiger charge is 2.26.